The normalized spacial score (nSPS) is 9.00. The zero-order chi connectivity index (χ0) is 9.52. The Kier molecular flexibility index (Phi) is 3.49. The zero-order valence-corrected chi connectivity index (χ0v) is 7.15. The standard InChI is InChI=1S/C7H10N4O2/c1-2-13-7(12)11-10-6-5-8-3-4-9-6/h3-5H,2H2,1H3,(H,9,10)(H,11,12). The summed E-state index contributed by atoms with van der Waals surface area (Å²) >= 11 is 0. The Morgan fingerprint density at radius 1 is 1.62 bits per heavy atom. The lowest BCUT2D eigenvalue weighted by atomic mass is 10.7. The molecule has 0 aromatic carbocycles. The zero-order valence-electron chi connectivity index (χ0n) is 7.15. The van der Waals surface area contributed by atoms with Crippen molar-refractivity contribution in [2.24, 2.45) is 0 Å². The Bertz CT molecular complexity index is 264. The molecule has 1 rings (SSSR count). The number of aromatic nitrogens is 2. The van der Waals surface area contributed by atoms with Crippen molar-refractivity contribution in [1.82, 2.24) is 15.4 Å². The van der Waals surface area contributed by atoms with Gasteiger partial charge in [0.25, 0.3) is 0 Å². The Morgan fingerprint density at radius 3 is 3.08 bits per heavy atom. The van der Waals surface area contributed by atoms with Crippen molar-refractivity contribution < 1.29 is 9.53 Å². The fraction of sp³-hybridized carbons (Fsp3) is 0.286. The van der Waals surface area contributed by atoms with Crippen LogP contribution in [0.5, 0.6) is 0 Å². The highest BCUT2D eigenvalue weighted by Crippen LogP contribution is 1.93. The summed E-state index contributed by atoms with van der Waals surface area (Å²) in [5.74, 6) is 0.454. The lowest BCUT2D eigenvalue weighted by molar-refractivity contribution is 0.154. The van der Waals surface area contributed by atoms with E-state index in [0.29, 0.717) is 12.4 Å². The summed E-state index contributed by atoms with van der Waals surface area (Å²) in [5, 5.41) is 0. The van der Waals surface area contributed by atoms with Crippen LogP contribution in [0.3, 0.4) is 0 Å². The van der Waals surface area contributed by atoms with Crippen molar-refractivity contribution >= 4 is 11.9 Å². The molecule has 1 aromatic rings. The van der Waals surface area contributed by atoms with Crippen molar-refractivity contribution in [2.75, 3.05) is 12.0 Å². The van der Waals surface area contributed by atoms with Crippen LogP contribution in [0.1, 0.15) is 6.92 Å². The van der Waals surface area contributed by atoms with Crippen LogP contribution in [-0.2, 0) is 4.74 Å². The maximum Gasteiger partial charge on any atom is 0.425 e. The molecule has 2 N–H and O–H groups in total. The predicted molar refractivity (Wildman–Crippen MR) is 45.8 cm³/mol. The molecule has 6 heteroatoms. The number of carbonyl (C=O) groups is 1. The average molecular weight is 182 g/mol. The number of nitrogens with one attached hydrogen (secondary N) is 2. The van der Waals surface area contributed by atoms with Gasteiger partial charge in [0.15, 0.2) is 5.82 Å². The van der Waals surface area contributed by atoms with Crippen LogP contribution >= 0.6 is 0 Å². The van der Waals surface area contributed by atoms with Crippen molar-refractivity contribution in [2.45, 2.75) is 6.92 Å². The van der Waals surface area contributed by atoms with Gasteiger partial charge in [-0.25, -0.2) is 15.2 Å². The molecule has 1 amide bonds. The van der Waals surface area contributed by atoms with Crippen LogP contribution in [-0.4, -0.2) is 22.7 Å². The quantitative estimate of drug-likeness (QED) is 0.667. The molecular formula is C7H10N4O2. The first-order valence-electron chi connectivity index (χ1n) is 3.77. The predicted octanol–water partition coefficient (Wildman–Crippen LogP) is 0.550. The fourth-order valence-electron chi connectivity index (χ4n) is 0.646. The second kappa shape index (κ2) is 4.91. The minimum absolute atomic E-state index is 0.327. The van der Waals surface area contributed by atoms with Crippen LogP contribution in [0.15, 0.2) is 18.6 Å². The summed E-state index contributed by atoms with van der Waals surface area (Å²) in [7, 11) is 0. The number of anilines is 1. The van der Waals surface area contributed by atoms with E-state index >= 15 is 0 Å². The third kappa shape index (κ3) is 3.37. The summed E-state index contributed by atoms with van der Waals surface area (Å²) in [6, 6.07) is 0. The van der Waals surface area contributed by atoms with Gasteiger partial charge in [0.2, 0.25) is 0 Å². The molecule has 13 heavy (non-hydrogen) atoms. The lowest BCUT2D eigenvalue weighted by Gasteiger charge is -2.05. The van der Waals surface area contributed by atoms with Gasteiger partial charge < -0.3 is 4.74 Å². The molecule has 0 unspecified atom stereocenters. The molecule has 0 aliphatic rings. The van der Waals surface area contributed by atoms with Gasteiger partial charge in [-0.15, -0.1) is 0 Å². The minimum atomic E-state index is -0.548. The second-order valence-electron chi connectivity index (χ2n) is 2.06. The molecule has 0 saturated carbocycles. The van der Waals surface area contributed by atoms with Gasteiger partial charge in [-0.2, -0.15) is 0 Å². The lowest BCUT2D eigenvalue weighted by Crippen LogP contribution is -2.30. The first-order chi connectivity index (χ1) is 6.33. The maximum absolute atomic E-state index is 10.8. The molecular weight excluding hydrogens is 172 g/mol. The first-order valence-corrected chi connectivity index (χ1v) is 3.77. The van der Waals surface area contributed by atoms with E-state index in [1.54, 1.807) is 6.92 Å². The number of ether oxygens (including phenoxy) is 1. The van der Waals surface area contributed by atoms with Gasteiger partial charge in [0.1, 0.15) is 0 Å². The van der Waals surface area contributed by atoms with Crippen molar-refractivity contribution in [1.29, 1.82) is 0 Å². The van der Waals surface area contributed by atoms with Gasteiger partial charge in [0.05, 0.1) is 12.8 Å². The fourth-order valence-corrected chi connectivity index (χ4v) is 0.646. The molecule has 1 heterocycles. The van der Waals surface area contributed by atoms with Crippen LogP contribution in [0.25, 0.3) is 0 Å². The van der Waals surface area contributed by atoms with E-state index in [1.165, 1.54) is 18.6 Å². The molecule has 0 atom stereocenters. The van der Waals surface area contributed by atoms with E-state index in [0.717, 1.165) is 0 Å². The number of nitrogens with zero attached hydrogens (tertiary/aromatic N) is 2. The number of hydrogen-bond donors (Lipinski definition) is 2. The van der Waals surface area contributed by atoms with Crippen molar-refractivity contribution in [3.05, 3.63) is 18.6 Å². The van der Waals surface area contributed by atoms with E-state index < -0.39 is 6.09 Å². The number of carbonyl (C=O) groups excluding carboxylic acids is 1. The number of rotatable bonds is 3. The van der Waals surface area contributed by atoms with E-state index in [9.17, 15) is 4.79 Å². The largest absolute Gasteiger partial charge is 0.449 e. The molecule has 70 valence electrons. The molecule has 0 spiro atoms. The summed E-state index contributed by atoms with van der Waals surface area (Å²) in [6.07, 6.45) is 3.98. The summed E-state index contributed by atoms with van der Waals surface area (Å²) in [4.78, 5) is 18.4. The molecule has 0 fully saturated rings. The average Bonchev–Trinajstić information content (AvgIpc) is 2.17. The second-order valence-corrected chi connectivity index (χ2v) is 2.06. The molecule has 0 radical (unpaired) electrons. The maximum atomic E-state index is 10.8. The van der Waals surface area contributed by atoms with Crippen LogP contribution in [0, 0.1) is 0 Å². The van der Waals surface area contributed by atoms with Gasteiger partial charge >= 0.3 is 6.09 Å². The molecule has 1 aromatic heterocycles. The minimum Gasteiger partial charge on any atom is -0.449 e. The molecule has 0 aliphatic heterocycles. The topological polar surface area (TPSA) is 76.1 Å². The molecule has 0 bridgehead atoms. The first kappa shape index (κ1) is 9.24. The number of hydrogen-bond acceptors (Lipinski definition) is 5. The van der Waals surface area contributed by atoms with E-state index in [1.807, 2.05) is 0 Å². The summed E-state index contributed by atoms with van der Waals surface area (Å²) in [6.45, 7) is 2.05. The van der Waals surface area contributed by atoms with Crippen molar-refractivity contribution in [3.8, 4) is 0 Å². The number of amides is 1. The Hall–Kier alpha value is -1.85. The summed E-state index contributed by atoms with van der Waals surface area (Å²) < 4.78 is 4.60. The van der Waals surface area contributed by atoms with Gasteiger partial charge in [-0.3, -0.25) is 10.4 Å². The SMILES string of the molecule is CCOC(=O)NNc1cnccn1. The highest BCUT2D eigenvalue weighted by Gasteiger charge is 1.98. The highest BCUT2D eigenvalue weighted by molar-refractivity contribution is 5.68. The number of hydrazine groups is 1. The Balaban J connectivity index is 2.31. The summed E-state index contributed by atoms with van der Waals surface area (Å²) in [5.41, 5.74) is 4.82. The van der Waals surface area contributed by atoms with Gasteiger partial charge in [0, 0.05) is 12.4 Å². The third-order valence-corrected chi connectivity index (χ3v) is 1.13. The van der Waals surface area contributed by atoms with E-state index in [4.69, 9.17) is 0 Å². The van der Waals surface area contributed by atoms with Crippen LogP contribution in [0.4, 0.5) is 10.6 Å². The van der Waals surface area contributed by atoms with Crippen LogP contribution in [0.2, 0.25) is 0 Å². The molecule has 0 saturated heterocycles. The molecule has 6 nitrogen and oxygen atoms in total. The van der Waals surface area contributed by atoms with Crippen LogP contribution < -0.4 is 10.9 Å². The molecule has 0 aliphatic carbocycles. The third-order valence-electron chi connectivity index (χ3n) is 1.13. The van der Waals surface area contributed by atoms with Gasteiger partial charge in [-0.1, -0.05) is 0 Å². The monoisotopic (exact) mass is 182 g/mol. The highest BCUT2D eigenvalue weighted by atomic mass is 16.5. The van der Waals surface area contributed by atoms with Crippen molar-refractivity contribution in [3.63, 3.8) is 0 Å². The van der Waals surface area contributed by atoms with E-state index in [-0.39, 0.29) is 0 Å². The Labute approximate surface area is 75.3 Å². The van der Waals surface area contributed by atoms with Gasteiger partial charge in [-0.05, 0) is 6.92 Å². The smallest absolute Gasteiger partial charge is 0.425 e. The Morgan fingerprint density at radius 2 is 2.46 bits per heavy atom. The van der Waals surface area contributed by atoms with E-state index in [2.05, 4.69) is 25.6 Å².